The molecule has 0 aromatic heterocycles. The van der Waals surface area contributed by atoms with Gasteiger partial charge in [-0.15, -0.1) is 0 Å². The number of rotatable bonds is 18. The lowest BCUT2D eigenvalue weighted by Gasteiger charge is -2.14. The van der Waals surface area contributed by atoms with E-state index in [1.807, 2.05) is 48.5 Å². The topological polar surface area (TPSA) is 38.7 Å². The smallest absolute Gasteiger partial charge is 0.119 e. The summed E-state index contributed by atoms with van der Waals surface area (Å²) < 4.78 is 11.7. The van der Waals surface area contributed by atoms with E-state index < -0.39 is 6.10 Å². The number of hydrogen-bond acceptors (Lipinski definition) is 3. The van der Waals surface area contributed by atoms with Crippen molar-refractivity contribution >= 4 is 0 Å². The van der Waals surface area contributed by atoms with Crippen molar-refractivity contribution < 1.29 is 14.6 Å². The lowest BCUT2D eigenvalue weighted by molar-refractivity contribution is 0.220. The van der Waals surface area contributed by atoms with E-state index in [1.165, 1.54) is 64.2 Å². The molecule has 178 valence electrons. The molecule has 0 amide bonds. The highest BCUT2D eigenvalue weighted by Gasteiger charge is 2.11. The van der Waals surface area contributed by atoms with Crippen LogP contribution in [0.5, 0.6) is 11.5 Å². The quantitative estimate of drug-likeness (QED) is 0.237. The molecule has 0 aliphatic rings. The maximum absolute atomic E-state index is 10.7. The second-order valence-corrected chi connectivity index (χ2v) is 8.77. The van der Waals surface area contributed by atoms with Crippen molar-refractivity contribution in [2.24, 2.45) is 0 Å². The number of ether oxygens (including phenoxy) is 2. The van der Waals surface area contributed by atoms with E-state index in [-0.39, 0.29) is 0 Å². The Bertz CT molecular complexity index is 632. The van der Waals surface area contributed by atoms with Crippen molar-refractivity contribution in [3.63, 3.8) is 0 Å². The van der Waals surface area contributed by atoms with Crippen LogP contribution in [-0.4, -0.2) is 18.3 Å². The predicted octanol–water partition coefficient (Wildman–Crippen LogP) is 8.25. The Labute approximate surface area is 196 Å². The summed E-state index contributed by atoms with van der Waals surface area (Å²) in [5.74, 6) is 1.74. The Morgan fingerprint density at radius 1 is 0.531 bits per heavy atom. The first-order valence-corrected chi connectivity index (χ1v) is 12.9. The van der Waals surface area contributed by atoms with Gasteiger partial charge in [0.15, 0.2) is 0 Å². The first kappa shape index (κ1) is 26.3. The monoisotopic (exact) mass is 440 g/mol. The molecule has 0 aliphatic carbocycles. The second kappa shape index (κ2) is 16.6. The summed E-state index contributed by atoms with van der Waals surface area (Å²) in [6.45, 7) is 6.00. The fraction of sp³-hybridized carbons (Fsp3) is 0.586. The van der Waals surface area contributed by atoms with Gasteiger partial charge in [-0.2, -0.15) is 0 Å². The molecule has 0 saturated heterocycles. The Hall–Kier alpha value is -2.00. The van der Waals surface area contributed by atoms with Gasteiger partial charge in [0.1, 0.15) is 17.6 Å². The zero-order valence-electron chi connectivity index (χ0n) is 20.4. The standard InChI is InChI=1S/C29H44O3/c1-3-5-7-9-11-13-23-31-27-19-15-25(16-20-27)29(30)26-17-21-28(22-18-26)32-24-14-12-10-8-6-4-2/h15-22,29-30H,3-14,23-24H2,1-2H3. The number of unbranched alkanes of at least 4 members (excludes halogenated alkanes) is 10. The van der Waals surface area contributed by atoms with Gasteiger partial charge < -0.3 is 14.6 Å². The highest BCUT2D eigenvalue weighted by Crippen LogP contribution is 2.26. The minimum atomic E-state index is -0.643. The van der Waals surface area contributed by atoms with Crippen molar-refractivity contribution in [1.82, 2.24) is 0 Å². The molecule has 0 aliphatic heterocycles. The molecule has 0 atom stereocenters. The molecule has 0 saturated carbocycles. The van der Waals surface area contributed by atoms with Gasteiger partial charge in [0.25, 0.3) is 0 Å². The van der Waals surface area contributed by atoms with Gasteiger partial charge in [-0.05, 0) is 48.2 Å². The van der Waals surface area contributed by atoms with E-state index in [4.69, 9.17) is 9.47 Å². The van der Waals surface area contributed by atoms with Crippen molar-refractivity contribution in [3.05, 3.63) is 59.7 Å². The zero-order valence-corrected chi connectivity index (χ0v) is 20.4. The largest absolute Gasteiger partial charge is 0.494 e. The Kier molecular flexibility index (Phi) is 13.6. The Balaban J connectivity index is 1.69. The van der Waals surface area contributed by atoms with Gasteiger partial charge in [-0.25, -0.2) is 0 Å². The van der Waals surface area contributed by atoms with Crippen LogP contribution in [0.4, 0.5) is 0 Å². The lowest BCUT2D eigenvalue weighted by atomic mass is 10.0. The van der Waals surface area contributed by atoms with Crippen LogP contribution in [0.15, 0.2) is 48.5 Å². The van der Waals surface area contributed by atoms with E-state index in [0.29, 0.717) is 0 Å². The molecule has 0 spiro atoms. The van der Waals surface area contributed by atoms with Crippen LogP contribution < -0.4 is 9.47 Å². The fourth-order valence-corrected chi connectivity index (χ4v) is 3.83. The number of benzene rings is 2. The SMILES string of the molecule is CCCCCCCCOc1ccc(C(O)c2ccc(OCCCCCCCC)cc2)cc1. The summed E-state index contributed by atoms with van der Waals surface area (Å²) in [7, 11) is 0. The van der Waals surface area contributed by atoms with E-state index >= 15 is 0 Å². The van der Waals surface area contributed by atoms with E-state index in [2.05, 4.69) is 13.8 Å². The van der Waals surface area contributed by atoms with Crippen LogP contribution in [0.25, 0.3) is 0 Å². The maximum atomic E-state index is 10.7. The summed E-state index contributed by atoms with van der Waals surface area (Å²) >= 11 is 0. The van der Waals surface area contributed by atoms with Gasteiger partial charge in [0.2, 0.25) is 0 Å². The molecule has 3 heteroatoms. The molecule has 1 N–H and O–H groups in total. The number of aliphatic hydroxyl groups is 1. The Morgan fingerprint density at radius 2 is 0.875 bits per heavy atom. The van der Waals surface area contributed by atoms with Gasteiger partial charge in [0.05, 0.1) is 13.2 Å². The number of aliphatic hydroxyl groups excluding tert-OH is 1. The molecule has 32 heavy (non-hydrogen) atoms. The molecular formula is C29H44O3. The minimum Gasteiger partial charge on any atom is -0.494 e. The fourth-order valence-electron chi connectivity index (χ4n) is 3.83. The summed E-state index contributed by atoms with van der Waals surface area (Å²) in [5, 5.41) is 10.7. The third kappa shape index (κ3) is 10.5. The van der Waals surface area contributed by atoms with Crippen molar-refractivity contribution in [1.29, 1.82) is 0 Å². The third-order valence-electron chi connectivity index (χ3n) is 5.92. The first-order chi connectivity index (χ1) is 15.7. The summed E-state index contributed by atoms with van der Waals surface area (Å²) in [4.78, 5) is 0. The average molecular weight is 441 g/mol. The molecule has 0 radical (unpaired) electrons. The molecule has 0 fully saturated rings. The summed E-state index contributed by atoms with van der Waals surface area (Å²) in [6.07, 6.45) is 14.5. The first-order valence-electron chi connectivity index (χ1n) is 12.9. The minimum absolute atomic E-state index is 0.643. The van der Waals surface area contributed by atoms with Gasteiger partial charge >= 0.3 is 0 Å². The molecule has 2 rings (SSSR count). The van der Waals surface area contributed by atoms with E-state index in [0.717, 1.165) is 48.7 Å². The summed E-state index contributed by atoms with van der Waals surface area (Å²) in [5.41, 5.74) is 1.75. The lowest BCUT2D eigenvalue weighted by Crippen LogP contribution is -2.02. The van der Waals surface area contributed by atoms with Crippen LogP contribution in [0.3, 0.4) is 0 Å². The highest BCUT2D eigenvalue weighted by atomic mass is 16.5. The average Bonchev–Trinajstić information content (AvgIpc) is 2.83. The highest BCUT2D eigenvalue weighted by molar-refractivity contribution is 5.36. The van der Waals surface area contributed by atoms with Crippen molar-refractivity contribution in [2.45, 2.75) is 97.0 Å². The molecule has 0 bridgehead atoms. The maximum Gasteiger partial charge on any atom is 0.119 e. The van der Waals surface area contributed by atoms with Crippen molar-refractivity contribution in [3.8, 4) is 11.5 Å². The number of hydrogen-bond donors (Lipinski definition) is 1. The van der Waals surface area contributed by atoms with E-state index in [1.54, 1.807) is 0 Å². The van der Waals surface area contributed by atoms with Gasteiger partial charge in [0, 0.05) is 0 Å². The van der Waals surface area contributed by atoms with Crippen LogP contribution in [-0.2, 0) is 0 Å². The van der Waals surface area contributed by atoms with Crippen LogP contribution >= 0.6 is 0 Å². The molecular weight excluding hydrogens is 396 g/mol. The molecule has 3 nitrogen and oxygen atoms in total. The zero-order chi connectivity index (χ0) is 22.9. The van der Waals surface area contributed by atoms with Crippen LogP contribution in [0.2, 0.25) is 0 Å². The third-order valence-corrected chi connectivity index (χ3v) is 5.92. The summed E-state index contributed by atoms with van der Waals surface area (Å²) in [6, 6.07) is 15.6. The van der Waals surface area contributed by atoms with Crippen molar-refractivity contribution in [2.75, 3.05) is 13.2 Å². The Morgan fingerprint density at radius 3 is 1.25 bits per heavy atom. The molecule has 0 heterocycles. The normalized spacial score (nSPS) is 11.1. The molecule has 2 aromatic carbocycles. The van der Waals surface area contributed by atoms with Crippen LogP contribution in [0.1, 0.15) is 108 Å². The second-order valence-electron chi connectivity index (χ2n) is 8.77. The van der Waals surface area contributed by atoms with Crippen LogP contribution in [0, 0.1) is 0 Å². The van der Waals surface area contributed by atoms with E-state index in [9.17, 15) is 5.11 Å². The predicted molar refractivity (Wildman–Crippen MR) is 135 cm³/mol. The molecule has 0 unspecified atom stereocenters. The van der Waals surface area contributed by atoms with Gasteiger partial charge in [-0.1, -0.05) is 102 Å². The molecule has 2 aromatic rings. The van der Waals surface area contributed by atoms with Gasteiger partial charge in [-0.3, -0.25) is 0 Å².